The number of rotatable bonds is 6. The number of hydrogen-bond donors (Lipinski definition) is 1. The van der Waals surface area contributed by atoms with Gasteiger partial charge in [-0.25, -0.2) is 8.78 Å². The fourth-order valence-corrected chi connectivity index (χ4v) is 1.89. The Morgan fingerprint density at radius 2 is 1.95 bits per heavy atom. The molecule has 0 aliphatic carbocycles. The Morgan fingerprint density at radius 1 is 1.29 bits per heavy atom. The van der Waals surface area contributed by atoms with Crippen molar-refractivity contribution in [3.63, 3.8) is 0 Å². The lowest BCUT2D eigenvalue weighted by molar-refractivity contribution is -0.130. The first-order valence-electron chi connectivity index (χ1n) is 6.78. The van der Waals surface area contributed by atoms with Crippen LogP contribution in [-0.4, -0.2) is 36.9 Å². The number of nitrogens with one attached hydrogen (secondary N) is 1. The van der Waals surface area contributed by atoms with Crippen LogP contribution in [-0.2, 0) is 4.79 Å². The van der Waals surface area contributed by atoms with E-state index in [0.29, 0.717) is 18.5 Å². The highest BCUT2D eigenvalue weighted by Gasteiger charge is 2.14. The van der Waals surface area contributed by atoms with Gasteiger partial charge in [0, 0.05) is 32.6 Å². The third-order valence-corrected chi connectivity index (χ3v) is 2.86. The molecular weight excluding hydrogens is 278 g/mol. The van der Waals surface area contributed by atoms with Crippen LogP contribution in [0.2, 0.25) is 0 Å². The zero-order valence-electron chi connectivity index (χ0n) is 12.5. The molecule has 1 rings (SSSR count). The molecule has 0 atom stereocenters. The van der Waals surface area contributed by atoms with Gasteiger partial charge in [0.2, 0.25) is 5.91 Å². The summed E-state index contributed by atoms with van der Waals surface area (Å²) in [4.78, 5) is 25.1. The maximum Gasteiger partial charge on any atom is 0.254 e. The monoisotopic (exact) mass is 298 g/mol. The zero-order chi connectivity index (χ0) is 16.0. The predicted molar refractivity (Wildman–Crippen MR) is 75.8 cm³/mol. The van der Waals surface area contributed by atoms with Crippen LogP contribution in [0, 0.1) is 17.6 Å². The van der Waals surface area contributed by atoms with E-state index in [4.69, 9.17) is 0 Å². The van der Waals surface area contributed by atoms with Crippen LogP contribution in [0.25, 0.3) is 0 Å². The van der Waals surface area contributed by atoms with Crippen LogP contribution in [0.1, 0.15) is 30.6 Å². The van der Waals surface area contributed by atoms with Crippen LogP contribution < -0.4 is 5.32 Å². The molecule has 0 aliphatic heterocycles. The third kappa shape index (κ3) is 5.49. The molecule has 1 aromatic rings. The topological polar surface area (TPSA) is 49.4 Å². The van der Waals surface area contributed by atoms with E-state index in [1.165, 1.54) is 0 Å². The fraction of sp³-hybridized carbons (Fsp3) is 0.467. The first-order valence-corrected chi connectivity index (χ1v) is 6.78. The van der Waals surface area contributed by atoms with Crippen molar-refractivity contribution in [1.82, 2.24) is 10.2 Å². The van der Waals surface area contributed by atoms with E-state index in [2.05, 4.69) is 5.32 Å². The Bertz CT molecular complexity index is 518. The molecule has 0 radical (unpaired) electrons. The SMILES string of the molecule is CC(C)CN(C)C(=O)CCNC(=O)c1ccc(F)cc1F. The molecular formula is C15H20F2N2O2. The van der Waals surface area contributed by atoms with Crippen molar-refractivity contribution >= 4 is 11.8 Å². The van der Waals surface area contributed by atoms with Crippen LogP contribution in [0.4, 0.5) is 8.78 Å². The van der Waals surface area contributed by atoms with E-state index in [-0.39, 0.29) is 24.4 Å². The Morgan fingerprint density at radius 3 is 2.52 bits per heavy atom. The molecule has 6 heteroatoms. The third-order valence-electron chi connectivity index (χ3n) is 2.86. The first kappa shape index (κ1) is 17.1. The summed E-state index contributed by atoms with van der Waals surface area (Å²) in [5, 5.41) is 2.45. The normalized spacial score (nSPS) is 10.6. The van der Waals surface area contributed by atoms with Gasteiger partial charge < -0.3 is 10.2 Å². The molecule has 4 nitrogen and oxygen atoms in total. The molecule has 0 aromatic heterocycles. The van der Waals surface area contributed by atoms with Crippen molar-refractivity contribution < 1.29 is 18.4 Å². The van der Waals surface area contributed by atoms with E-state index in [1.54, 1.807) is 11.9 Å². The van der Waals surface area contributed by atoms with Crippen LogP contribution in [0.15, 0.2) is 18.2 Å². The van der Waals surface area contributed by atoms with Crippen LogP contribution in [0.5, 0.6) is 0 Å². The second kappa shape index (κ2) is 7.71. The maximum absolute atomic E-state index is 13.4. The van der Waals surface area contributed by atoms with Crippen molar-refractivity contribution in [1.29, 1.82) is 0 Å². The lowest BCUT2D eigenvalue weighted by atomic mass is 10.2. The number of halogens is 2. The molecule has 0 aliphatic rings. The smallest absolute Gasteiger partial charge is 0.254 e. The molecule has 21 heavy (non-hydrogen) atoms. The molecule has 0 spiro atoms. The highest BCUT2D eigenvalue weighted by molar-refractivity contribution is 5.94. The number of carbonyl (C=O) groups excluding carboxylic acids is 2. The van der Waals surface area contributed by atoms with Gasteiger partial charge in [-0.15, -0.1) is 0 Å². The molecule has 0 unspecified atom stereocenters. The minimum absolute atomic E-state index is 0.0939. The van der Waals surface area contributed by atoms with Gasteiger partial charge >= 0.3 is 0 Å². The summed E-state index contributed by atoms with van der Waals surface area (Å²) < 4.78 is 26.1. The Kier molecular flexibility index (Phi) is 6.27. The largest absolute Gasteiger partial charge is 0.351 e. The lowest BCUT2D eigenvalue weighted by Gasteiger charge is -2.19. The summed E-state index contributed by atoms with van der Waals surface area (Å²) in [6, 6.07) is 2.74. The summed E-state index contributed by atoms with van der Waals surface area (Å²) >= 11 is 0. The molecule has 0 heterocycles. The van der Waals surface area contributed by atoms with E-state index >= 15 is 0 Å². The summed E-state index contributed by atoms with van der Waals surface area (Å²) in [5.74, 6) is -2.05. The molecule has 0 saturated heterocycles. The van der Waals surface area contributed by atoms with Gasteiger partial charge in [-0.3, -0.25) is 9.59 Å². The van der Waals surface area contributed by atoms with Crippen molar-refractivity contribution in [2.24, 2.45) is 5.92 Å². The molecule has 0 saturated carbocycles. The molecule has 116 valence electrons. The molecule has 1 aromatic carbocycles. The Labute approximate surface area is 123 Å². The van der Waals surface area contributed by atoms with Gasteiger partial charge in [-0.2, -0.15) is 0 Å². The highest BCUT2D eigenvalue weighted by Crippen LogP contribution is 2.09. The summed E-state index contributed by atoms with van der Waals surface area (Å²) in [6.45, 7) is 4.75. The van der Waals surface area contributed by atoms with Gasteiger partial charge in [0.15, 0.2) is 0 Å². The van der Waals surface area contributed by atoms with Crippen molar-refractivity contribution in [3.8, 4) is 0 Å². The minimum atomic E-state index is -0.921. The number of carbonyl (C=O) groups is 2. The van der Waals surface area contributed by atoms with Gasteiger partial charge in [-0.1, -0.05) is 13.8 Å². The van der Waals surface area contributed by atoms with Crippen LogP contribution >= 0.6 is 0 Å². The standard InChI is InChI=1S/C15H20F2N2O2/c1-10(2)9-19(3)14(20)6-7-18-15(21)12-5-4-11(16)8-13(12)17/h4-5,8,10H,6-7,9H2,1-3H3,(H,18,21). The Hall–Kier alpha value is -1.98. The van der Waals surface area contributed by atoms with Gasteiger partial charge in [-0.05, 0) is 18.1 Å². The summed E-state index contributed by atoms with van der Waals surface area (Å²) in [5.41, 5.74) is -0.237. The van der Waals surface area contributed by atoms with Crippen LogP contribution in [0.3, 0.4) is 0 Å². The number of amides is 2. The summed E-state index contributed by atoms with van der Waals surface area (Å²) in [6.07, 6.45) is 0.137. The van der Waals surface area contributed by atoms with Gasteiger partial charge in [0.1, 0.15) is 11.6 Å². The van der Waals surface area contributed by atoms with Gasteiger partial charge in [0.25, 0.3) is 5.91 Å². The van der Waals surface area contributed by atoms with E-state index < -0.39 is 17.5 Å². The number of benzene rings is 1. The quantitative estimate of drug-likeness (QED) is 0.875. The average Bonchev–Trinajstić information content (AvgIpc) is 2.37. The van der Waals surface area contributed by atoms with E-state index in [1.807, 2.05) is 13.8 Å². The minimum Gasteiger partial charge on any atom is -0.351 e. The zero-order valence-corrected chi connectivity index (χ0v) is 12.5. The van der Waals surface area contributed by atoms with Gasteiger partial charge in [0.05, 0.1) is 5.56 Å². The van der Waals surface area contributed by atoms with E-state index in [0.717, 1.165) is 12.1 Å². The fourth-order valence-electron chi connectivity index (χ4n) is 1.89. The molecule has 0 fully saturated rings. The van der Waals surface area contributed by atoms with Crippen molar-refractivity contribution in [3.05, 3.63) is 35.4 Å². The average molecular weight is 298 g/mol. The maximum atomic E-state index is 13.4. The predicted octanol–water partition coefficient (Wildman–Crippen LogP) is 2.20. The summed E-state index contributed by atoms with van der Waals surface area (Å²) in [7, 11) is 1.70. The molecule has 2 amide bonds. The highest BCUT2D eigenvalue weighted by atomic mass is 19.1. The van der Waals surface area contributed by atoms with Crippen molar-refractivity contribution in [2.45, 2.75) is 20.3 Å². The molecule has 1 N–H and O–H groups in total. The van der Waals surface area contributed by atoms with Crippen molar-refractivity contribution in [2.75, 3.05) is 20.1 Å². The Balaban J connectivity index is 2.45. The molecule has 0 bridgehead atoms. The number of nitrogens with zero attached hydrogens (tertiary/aromatic N) is 1. The van der Waals surface area contributed by atoms with E-state index in [9.17, 15) is 18.4 Å². The second-order valence-corrected chi connectivity index (χ2v) is 5.30. The number of hydrogen-bond acceptors (Lipinski definition) is 2. The second-order valence-electron chi connectivity index (χ2n) is 5.30. The lowest BCUT2D eigenvalue weighted by Crippen LogP contribution is -2.34. The first-order chi connectivity index (χ1) is 9.81.